The van der Waals surface area contributed by atoms with Gasteiger partial charge in [-0.3, -0.25) is 4.79 Å². The smallest absolute Gasteiger partial charge is 0.192 e. The molecule has 2 aromatic rings. The van der Waals surface area contributed by atoms with Crippen molar-refractivity contribution < 1.29 is 9.90 Å². The molecule has 0 atom stereocenters. The maximum Gasteiger partial charge on any atom is 0.192 e. The second-order valence-electron chi connectivity index (χ2n) is 6.30. The number of Topliss-reactive ketones (excluding diaryl/α,β-unsaturated/α-hetero) is 1. The lowest BCUT2D eigenvalue weighted by atomic mass is 9.80. The van der Waals surface area contributed by atoms with Gasteiger partial charge < -0.3 is 10.4 Å². The first-order valence-electron chi connectivity index (χ1n) is 8.15. The highest BCUT2D eigenvalue weighted by atomic mass is 32.1. The van der Waals surface area contributed by atoms with Gasteiger partial charge >= 0.3 is 0 Å². The third-order valence-electron chi connectivity index (χ3n) is 4.89. The van der Waals surface area contributed by atoms with E-state index >= 15 is 0 Å². The lowest BCUT2D eigenvalue weighted by Crippen LogP contribution is -2.38. The molecule has 2 N–H and O–H groups in total. The van der Waals surface area contributed by atoms with Gasteiger partial charge in [0.25, 0.3) is 0 Å². The van der Waals surface area contributed by atoms with Crippen molar-refractivity contribution in [3.05, 3.63) is 44.8 Å². The maximum absolute atomic E-state index is 13.0. The maximum atomic E-state index is 13.0. The largest absolute Gasteiger partial charge is 0.372 e. The van der Waals surface area contributed by atoms with Crippen LogP contribution in [0.5, 0.6) is 0 Å². The van der Waals surface area contributed by atoms with E-state index in [1.54, 1.807) is 0 Å². The van der Waals surface area contributed by atoms with Crippen LogP contribution in [-0.2, 0) is 10.4 Å². The second kappa shape index (κ2) is 7.26. The monoisotopic (exact) mass is 349 g/mol. The summed E-state index contributed by atoms with van der Waals surface area (Å²) in [7, 11) is 2.00. The van der Waals surface area contributed by atoms with Crippen LogP contribution >= 0.6 is 22.7 Å². The van der Waals surface area contributed by atoms with E-state index in [0.29, 0.717) is 18.4 Å². The van der Waals surface area contributed by atoms with Gasteiger partial charge in [0.15, 0.2) is 11.4 Å². The third-order valence-corrected chi connectivity index (χ3v) is 6.85. The van der Waals surface area contributed by atoms with Crippen LogP contribution in [0.15, 0.2) is 35.0 Å². The normalized spacial score (nSPS) is 22.2. The molecule has 2 aromatic heterocycles. The molecule has 0 radical (unpaired) electrons. The summed E-state index contributed by atoms with van der Waals surface area (Å²) in [5, 5.41) is 18.4. The van der Waals surface area contributed by atoms with E-state index in [2.05, 4.69) is 5.32 Å². The van der Waals surface area contributed by atoms with E-state index in [0.717, 1.165) is 35.4 Å². The average molecular weight is 350 g/mol. The SMILES string of the molecule is CN[C@H]1CC[C@H](CC(=O)C(O)(c2cccs2)c2cccs2)CC1. The minimum Gasteiger partial charge on any atom is -0.372 e. The first-order chi connectivity index (χ1) is 11.1. The molecule has 23 heavy (non-hydrogen) atoms. The van der Waals surface area contributed by atoms with Crippen molar-refractivity contribution in [2.45, 2.75) is 43.7 Å². The summed E-state index contributed by atoms with van der Waals surface area (Å²) in [6.07, 6.45) is 4.81. The predicted molar refractivity (Wildman–Crippen MR) is 96.1 cm³/mol. The number of hydrogen-bond acceptors (Lipinski definition) is 5. The number of thiophene rings is 2. The lowest BCUT2D eigenvalue weighted by Gasteiger charge is -2.31. The number of hydrogen-bond donors (Lipinski definition) is 2. The van der Waals surface area contributed by atoms with E-state index in [1.807, 2.05) is 42.1 Å². The molecule has 124 valence electrons. The van der Waals surface area contributed by atoms with Crippen LogP contribution in [0.2, 0.25) is 0 Å². The Balaban J connectivity index is 1.77. The number of ketones is 1. The van der Waals surface area contributed by atoms with Gasteiger partial charge in [-0.15, -0.1) is 22.7 Å². The molecule has 1 saturated carbocycles. The van der Waals surface area contributed by atoms with Gasteiger partial charge in [-0.05, 0) is 61.5 Å². The Bertz CT molecular complexity index is 579. The fourth-order valence-electron chi connectivity index (χ4n) is 3.43. The molecule has 1 aliphatic carbocycles. The predicted octanol–water partition coefficient (Wildman–Crippen LogP) is 3.78. The molecule has 0 amide bonds. The van der Waals surface area contributed by atoms with E-state index < -0.39 is 5.60 Å². The fraction of sp³-hybridized carbons (Fsp3) is 0.500. The molecule has 3 nitrogen and oxygen atoms in total. The van der Waals surface area contributed by atoms with Crippen molar-refractivity contribution in [2.75, 3.05) is 7.05 Å². The summed E-state index contributed by atoms with van der Waals surface area (Å²) in [4.78, 5) is 14.5. The third kappa shape index (κ3) is 3.43. The number of nitrogens with one attached hydrogen (secondary N) is 1. The van der Waals surface area contributed by atoms with E-state index in [4.69, 9.17) is 0 Å². The van der Waals surface area contributed by atoms with Crippen LogP contribution in [0.25, 0.3) is 0 Å². The molecule has 0 spiro atoms. The van der Waals surface area contributed by atoms with Gasteiger partial charge in [-0.1, -0.05) is 12.1 Å². The van der Waals surface area contributed by atoms with Crippen LogP contribution in [-0.4, -0.2) is 24.0 Å². The highest BCUT2D eigenvalue weighted by molar-refractivity contribution is 7.12. The highest BCUT2D eigenvalue weighted by Crippen LogP contribution is 2.39. The summed E-state index contributed by atoms with van der Waals surface area (Å²) in [6, 6.07) is 8.09. The summed E-state index contributed by atoms with van der Waals surface area (Å²) in [5.41, 5.74) is -1.47. The number of rotatable bonds is 6. The van der Waals surface area contributed by atoms with E-state index in [9.17, 15) is 9.90 Å². The molecule has 0 unspecified atom stereocenters. The Morgan fingerprint density at radius 1 is 1.17 bits per heavy atom. The lowest BCUT2D eigenvalue weighted by molar-refractivity contribution is -0.135. The van der Waals surface area contributed by atoms with Crippen molar-refractivity contribution in [1.29, 1.82) is 0 Å². The zero-order chi connectivity index (χ0) is 16.3. The molecular formula is C18H23NO2S2. The van der Waals surface area contributed by atoms with Gasteiger partial charge in [-0.25, -0.2) is 0 Å². The van der Waals surface area contributed by atoms with Crippen molar-refractivity contribution in [1.82, 2.24) is 5.32 Å². The summed E-state index contributed by atoms with van der Waals surface area (Å²) >= 11 is 2.90. The van der Waals surface area contributed by atoms with Gasteiger partial charge in [0, 0.05) is 22.2 Å². The second-order valence-corrected chi connectivity index (χ2v) is 8.19. The minimum atomic E-state index is -1.47. The van der Waals surface area contributed by atoms with Gasteiger partial charge in [-0.2, -0.15) is 0 Å². The zero-order valence-corrected chi connectivity index (χ0v) is 15.0. The van der Waals surface area contributed by atoms with Gasteiger partial charge in [0.1, 0.15) is 0 Å². The molecule has 5 heteroatoms. The molecule has 0 saturated heterocycles. The summed E-state index contributed by atoms with van der Waals surface area (Å²) in [6.45, 7) is 0. The van der Waals surface area contributed by atoms with Crippen molar-refractivity contribution in [2.24, 2.45) is 5.92 Å². The van der Waals surface area contributed by atoms with Gasteiger partial charge in [0.05, 0.1) is 0 Å². The molecular weight excluding hydrogens is 326 g/mol. The minimum absolute atomic E-state index is 0.0599. The molecule has 2 heterocycles. The Morgan fingerprint density at radius 3 is 2.17 bits per heavy atom. The molecule has 0 bridgehead atoms. The first-order valence-corrected chi connectivity index (χ1v) is 9.91. The van der Waals surface area contributed by atoms with Crippen LogP contribution in [0.1, 0.15) is 41.9 Å². The summed E-state index contributed by atoms with van der Waals surface area (Å²) in [5.74, 6) is 0.328. The Morgan fingerprint density at radius 2 is 1.74 bits per heavy atom. The first kappa shape index (κ1) is 16.8. The quantitative estimate of drug-likeness (QED) is 0.834. The van der Waals surface area contributed by atoms with Crippen LogP contribution < -0.4 is 5.32 Å². The molecule has 3 rings (SSSR count). The Labute approximate surface area is 145 Å². The van der Waals surface area contributed by atoms with Crippen LogP contribution in [0.4, 0.5) is 0 Å². The van der Waals surface area contributed by atoms with E-state index in [-0.39, 0.29) is 5.78 Å². The van der Waals surface area contributed by atoms with E-state index in [1.165, 1.54) is 22.7 Å². The van der Waals surface area contributed by atoms with Crippen LogP contribution in [0.3, 0.4) is 0 Å². The highest BCUT2D eigenvalue weighted by Gasteiger charge is 2.42. The zero-order valence-electron chi connectivity index (χ0n) is 13.3. The Hall–Kier alpha value is -1.01. The fourth-order valence-corrected chi connectivity index (χ4v) is 5.21. The van der Waals surface area contributed by atoms with Crippen LogP contribution in [0, 0.1) is 5.92 Å². The number of carbonyl (C=O) groups excluding carboxylic acids is 1. The average Bonchev–Trinajstić information content (AvgIpc) is 3.28. The van der Waals surface area contributed by atoms with Gasteiger partial charge in [0.2, 0.25) is 0 Å². The van der Waals surface area contributed by atoms with Crippen molar-refractivity contribution >= 4 is 28.5 Å². The number of carbonyl (C=O) groups is 1. The number of aliphatic hydroxyl groups is 1. The van der Waals surface area contributed by atoms with Crippen molar-refractivity contribution in [3.63, 3.8) is 0 Å². The Kier molecular flexibility index (Phi) is 5.31. The summed E-state index contributed by atoms with van der Waals surface area (Å²) < 4.78 is 0. The molecule has 1 aliphatic rings. The topological polar surface area (TPSA) is 49.3 Å². The standard InChI is InChI=1S/C18H23NO2S2/c1-19-14-8-6-13(7-9-14)12-15(20)18(21,16-4-2-10-22-16)17-5-3-11-23-17/h2-5,10-11,13-14,19,21H,6-9,12H2,1H3/t13-,14-. The molecule has 1 fully saturated rings. The molecule has 0 aliphatic heterocycles. The van der Waals surface area contributed by atoms with Crippen molar-refractivity contribution in [3.8, 4) is 0 Å². The molecule has 0 aromatic carbocycles.